The minimum absolute atomic E-state index is 0. The first-order valence-corrected chi connectivity index (χ1v) is 1.14. The molecule has 0 radical (unpaired) electrons. The maximum Gasteiger partial charge on any atom is 0.346 e. The Morgan fingerprint density at radius 3 is 2.83 bits per heavy atom. The highest BCUT2D eigenvalue weighted by Crippen LogP contribution is 1.83. The van der Waals surface area contributed by atoms with E-state index in [0.29, 0.717) is 0 Å². The fraction of sp³-hybridized carbons (Fsp3) is 1.00. The van der Waals surface area contributed by atoms with E-state index in [-0.39, 0.29) is 12.4 Å². The normalized spacial score (nSPS) is 69.2. The van der Waals surface area contributed by atoms with E-state index in [2.05, 4.69) is 0 Å². The van der Waals surface area contributed by atoms with Crippen molar-refractivity contribution in [3.8, 4) is 0 Å². The Labute approximate surface area is 52.3 Å². The van der Waals surface area contributed by atoms with Gasteiger partial charge in [0, 0.05) is 0 Å². The smallest absolute Gasteiger partial charge is 0.346 e. The summed E-state index contributed by atoms with van der Waals surface area (Å²) in [6, 6.07) is 0. The minimum Gasteiger partial charge on any atom is -1.00 e. The van der Waals surface area contributed by atoms with Crippen LogP contribution in [0, 0.1) is 0 Å². The molecule has 1 aliphatic rings. The van der Waals surface area contributed by atoms with Crippen molar-refractivity contribution in [3.05, 3.63) is 0 Å². The van der Waals surface area contributed by atoms with Gasteiger partial charge < -0.3 is 17.7 Å². The molecule has 0 amide bonds. The number of quaternary nitrogens is 1. The van der Waals surface area contributed by atoms with Crippen LogP contribution in [-0.2, 0) is 0 Å². The van der Waals surface area contributed by atoms with Crippen LogP contribution < -0.4 is 17.7 Å². The fourth-order valence-corrected chi connectivity index (χ4v) is 0.0982. The van der Waals surface area contributed by atoms with Gasteiger partial charge in [-0.15, -0.1) is 0 Å². The van der Waals surface area contributed by atoms with Crippen LogP contribution in [0.1, 0.15) is 6.85 Å². The first kappa shape index (κ1) is 1.12. The van der Waals surface area contributed by atoms with Gasteiger partial charge in [-0.25, -0.2) is 4.39 Å². The second kappa shape index (κ2) is 2.37. The van der Waals surface area contributed by atoms with Crippen molar-refractivity contribution in [2.45, 2.75) is 6.15 Å². The topological polar surface area (TPSA) is 16.6 Å². The lowest BCUT2D eigenvalue weighted by Crippen LogP contribution is -3.00. The first-order chi connectivity index (χ1) is 5.00. The SMILES string of the molecule is [2H]C1(F)C([2H])([2H])[N+]([2H])([2H])C1([2H])[2H].[Cl-]. The number of halogens is 2. The molecule has 38 valence electrons. The minimum atomic E-state index is -3.54. The van der Waals surface area contributed by atoms with Gasteiger partial charge in [-0.3, -0.25) is 0 Å². The van der Waals surface area contributed by atoms with Crippen molar-refractivity contribution < 1.29 is 31.8 Å². The van der Waals surface area contributed by atoms with Crippen LogP contribution in [0.25, 0.3) is 0 Å². The summed E-state index contributed by atoms with van der Waals surface area (Å²) in [5, 5.41) is -2.28. The molecule has 1 heterocycles. The van der Waals surface area contributed by atoms with E-state index in [0.717, 1.165) is 0 Å². The highest BCUT2D eigenvalue weighted by Gasteiger charge is 2.18. The van der Waals surface area contributed by atoms with Crippen LogP contribution >= 0.6 is 0 Å². The number of nitrogens with two attached hydrogens (primary N) is 1. The summed E-state index contributed by atoms with van der Waals surface area (Å²) in [5.74, 6) is 0. The average Bonchev–Trinajstić information content (AvgIpc) is 1.84. The lowest BCUT2D eigenvalue weighted by atomic mass is 10.3. The highest BCUT2D eigenvalue weighted by atomic mass is 35.5. The largest absolute Gasteiger partial charge is 1.00 e. The van der Waals surface area contributed by atoms with Crippen molar-refractivity contribution in [2.24, 2.45) is 0 Å². The van der Waals surface area contributed by atoms with Crippen LogP contribution in [0.15, 0.2) is 0 Å². The Morgan fingerprint density at radius 2 is 2.67 bits per heavy atom. The molecule has 0 aliphatic carbocycles. The third-order valence-electron chi connectivity index (χ3n) is 0.308. The number of hydrogen-bond donors (Lipinski definition) is 1. The first-order valence-electron chi connectivity index (χ1n) is 4.53. The van der Waals surface area contributed by atoms with Crippen LogP contribution in [0.5, 0.6) is 0 Å². The molecule has 0 bridgehead atoms. The molecule has 1 nitrogen and oxygen atoms in total. The van der Waals surface area contributed by atoms with E-state index >= 15 is 0 Å². The summed E-state index contributed by atoms with van der Waals surface area (Å²) in [6.07, 6.45) is -3.54. The predicted octanol–water partition coefficient (Wildman–Crippen LogP) is -4.09. The molecule has 1 aliphatic heterocycles. The van der Waals surface area contributed by atoms with Crippen LogP contribution in [0.2, 0.25) is 2.82 Å². The average molecular weight is 119 g/mol. The monoisotopic (exact) mass is 118 g/mol. The van der Waals surface area contributed by atoms with E-state index in [1.165, 1.54) is 0 Å². The summed E-state index contributed by atoms with van der Waals surface area (Å²) in [4.78, 5) is 0. The second-order valence-electron chi connectivity index (χ2n) is 0.649. The number of alkyl halides is 1. The van der Waals surface area contributed by atoms with Gasteiger partial charge in [0.05, 0.1) is 6.85 Å². The van der Waals surface area contributed by atoms with Crippen LogP contribution in [0.3, 0.4) is 0 Å². The molecule has 6 heavy (non-hydrogen) atoms. The summed E-state index contributed by atoms with van der Waals surface area (Å²) >= 11 is 0. The zero-order chi connectivity index (χ0) is 10.0. The zero-order valence-electron chi connectivity index (χ0n) is 9.70. The molecule has 0 atom stereocenters. The predicted molar refractivity (Wildman–Crippen MR) is 16.6 cm³/mol. The van der Waals surface area contributed by atoms with Gasteiger partial charge in [-0.1, -0.05) is 0 Å². The molecule has 3 heteroatoms. The zero-order valence-corrected chi connectivity index (χ0v) is 3.46. The molecule has 0 aromatic heterocycles. The third-order valence-corrected chi connectivity index (χ3v) is 0.308. The molecule has 1 saturated heterocycles. The molecule has 1 rings (SSSR count). The van der Waals surface area contributed by atoms with E-state index in [1.54, 1.807) is 0 Å². The summed E-state index contributed by atoms with van der Waals surface area (Å²) in [5.41, 5.74) is 0. The molecule has 2 N–H and O–H groups in total. The van der Waals surface area contributed by atoms with Crippen molar-refractivity contribution >= 4 is 0 Å². The van der Waals surface area contributed by atoms with E-state index < -0.39 is 24.4 Å². The summed E-state index contributed by atoms with van der Waals surface area (Å²) in [6.45, 7) is -6.31. The van der Waals surface area contributed by atoms with Crippen molar-refractivity contribution in [1.82, 2.24) is 0 Å². The van der Waals surface area contributed by atoms with Gasteiger partial charge in [-0.2, -0.15) is 0 Å². The van der Waals surface area contributed by atoms with Crippen molar-refractivity contribution in [2.75, 3.05) is 13.0 Å². The maximum absolute atomic E-state index is 12.9. The van der Waals surface area contributed by atoms with Crippen LogP contribution in [0.4, 0.5) is 4.39 Å². The highest BCUT2D eigenvalue weighted by molar-refractivity contribution is 4.53. The Hall–Kier alpha value is 0.180. The van der Waals surface area contributed by atoms with Gasteiger partial charge in [-0.05, 0) is 0 Å². The number of rotatable bonds is 0. The molecule has 0 saturated carbocycles. The van der Waals surface area contributed by atoms with Gasteiger partial charge in [0.1, 0.15) is 13.0 Å². The Morgan fingerprint density at radius 1 is 2.17 bits per heavy atom. The Balaban J connectivity index is 0.00000144. The van der Waals surface area contributed by atoms with E-state index in [4.69, 9.17) is 9.68 Å². The van der Waals surface area contributed by atoms with Crippen molar-refractivity contribution in [3.63, 3.8) is 0 Å². The van der Waals surface area contributed by atoms with Gasteiger partial charge in [0.25, 0.3) is 0 Å². The standard InChI is InChI=1S/C3H6FN.ClH/c4-3-1-5-2-3;/h3,5H,1-2H2;1H/i1D2,2D2,3D;/hD2. The molecular weight excluding hydrogens is 104 g/mol. The number of hydrogen-bond acceptors (Lipinski definition) is 0. The summed E-state index contributed by atoms with van der Waals surface area (Å²) < 4.78 is 60.4. The van der Waals surface area contributed by atoms with Gasteiger partial charge in [0.2, 0.25) is 0 Å². The van der Waals surface area contributed by atoms with Gasteiger partial charge in [0.15, 0.2) is 6.15 Å². The summed E-state index contributed by atoms with van der Waals surface area (Å²) in [7, 11) is 0. The lowest BCUT2D eigenvalue weighted by molar-refractivity contribution is -0.718. The Bertz CT molecular complexity index is 164. The molecule has 0 aromatic rings. The quantitative estimate of drug-likeness (QED) is 0.333. The maximum atomic E-state index is 12.9. The molecule has 0 aromatic carbocycles. The lowest BCUT2D eigenvalue weighted by Gasteiger charge is -2.12. The van der Waals surface area contributed by atoms with E-state index in [1.807, 2.05) is 0 Å². The fourth-order valence-electron chi connectivity index (χ4n) is 0.0982. The van der Waals surface area contributed by atoms with Crippen molar-refractivity contribution in [1.29, 1.82) is 0 Å². The van der Waals surface area contributed by atoms with Crippen LogP contribution in [-0.4, -0.2) is 19.1 Å². The van der Waals surface area contributed by atoms with E-state index in [9.17, 15) is 4.39 Å². The van der Waals surface area contributed by atoms with Gasteiger partial charge >= 0.3 is 2.82 Å². The second-order valence-corrected chi connectivity index (χ2v) is 0.649. The third kappa shape index (κ3) is 1.11. The molecule has 0 unspecified atom stereocenters. The Kier molecular flexibility index (Phi) is 0.441. The molecule has 1 fully saturated rings. The molecule has 0 spiro atoms. The molecular formula is C3H7ClFN.